The van der Waals surface area contributed by atoms with E-state index in [4.69, 9.17) is 14.2 Å². The van der Waals surface area contributed by atoms with E-state index in [0.29, 0.717) is 22.8 Å². The lowest BCUT2D eigenvalue weighted by Crippen LogP contribution is -2.52. The maximum Gasteiger partial charge on any atom is 0.410 e. The quantitative estimate of drug-likeness (QED) is 0.276. The van der Waals surface area contributed by atoms with Gasteiger partial charge in [-0.2, -0.15) is 0 Å². The van der Waals surface area contributed by atoms with E-state index in [-0.39, 0.29) is 11.7 Å². The van der Waals surface area contributed by atoms with Crippen LogP contribution in [-0.4, -0.2) is 120 Å². The first kappa shape index (κ1) is 37.6. The summed E-state index contributed by atoms with van der Waals surface area (Å²) >= 11 is 0. The molecule has 2 aromatic heterocycles. The van der Waals surface area contributed by atoms with Gasteiger partial charge in [0.2, 0.25) is 0 Å². The minimum Gasteiger partial charge on any atom is -0.496 e. The minimum absolute atomic E-state index is 0.0637. The predicted molar refractivity (Wildman–Crippen MR) is 209 cm³/mol. The van der Waals surface area contributed by atoms with E-state index in [1.807, 2.05) is 37.9 Å². The Kier molecular flexibility index (Phi) is 11.1. The van der Waals surface area contributed by atoms with Crippen LogP contribution in [0.3, 0.4) is 0 Å². The van der Waals surface area contributed by atoms with E-state index in [9.17, 15) is 9.59 Å². The van der Waals surface area contributed by atoms with Crippen molar-refractivity contribution in [2.75, 3.05) is 73.1 Å². The van der Waals surface area contributed by atoms with Crippen LogP contribution in [-0.2, 0) is 18.3 Å². The lowest BCUT2D eigenvalue weighted by molar-refractivity contribution is 0.0124. The number of piperazine rings is 1. The third-order valence-electron chi connectivity index (χ3n) is 12.6. The van der Waals surface area contributed by atoms with Crippen LogP contribution in [0.15, 0.2) is 41.6 Å². The van der Waals surface area contributed by atoms with Gasteiger partial charge in [0.1, 0.15) is 17.1 Å². The van der Waals surface area contributed by atoms with Crippen LogP contribution in [0.5, 0.6) is 11.5 Å². The van der Waals surface area contributed by atoms with Gasteiger partial charge in [-0.1, -0.05) is 0 Å². The number of benzene rings is 1. The third kappa shape index (κ3) is 8.37. The molecular formula is C42H60N6O5. The Morgan fingerprint density at radius 2 is 1.57 bits per heavy atom. The third-order valence-corrected chi connectivity index (χ3v) is 12.6. The molecule has 4 aliphatic rings. The number of rotatable bonds is 8. The second kappa shape index (κ2) is 15.6. The van der Waals surface area contributed by atoms with Crippen molar-refractivity contribution in [3.63, 3.8) is 0 Å². The van der Waals surface area contributed by atoms with Crippen LogP contribution >= 0.6 is 0 Å². The average molecular weight is 729 g/mol. The summed E-state index contributed by atoms with van der Waals surface area (Å²) in [5.41, 5.74) is 2.96. The van der Waals surface area contributed by atoms with Crippen molar-refractivity contribution in [2.45, 2.75) is 83.9 Å². The van der Waals surface area contributed by atoms with E-state index < -0.39 is 5.60 Å². The molecule has 1 saturated carbocycles. The molecule has 11 heteroatoms. The first-order valence-corrected chi connectivity index (χ1v) is 19.8. The molecule has 7 rings (SSSR count). The van der Waals surface area contributed by atoms with Crippen molar-refractivity contribution in [1.29, 1.82) is 0 Å². The molecule has 288 valence electrons. The van der Waals surface area contributed by atoms with Gasteiger partial charge in [0, 0.05) is 89.6 Å². The zero-order chi connectivity index (χ0) is 37.3. The number of piperidine rings is 1. The van der Waals surface area contributed by atoms with Crippen molar-refractivity contribution in [1.82, 2.24) is 29.2 Å². The first-order chi connectivity index (χ1) is 25.4. The molecule has 1 atom stereocenters. The number of pyridine rings is 2. The van der Waals surface area contributed by atoms with Gasteiger partial charge >= 0.3 is 6.09 Å². The molecule has 1 spiro atoms. The summed E-state index contributed by atoms with van der Waals surface area (Å²) in [4.78, 5) is 39.4. The number of likely N-dealkylation sites (tertiary alicyclic amines) is 2. The Labute approximate surface area is 315 Å². The Balaban J connectivity index is 0.893. The number of aryl methyl sites for hydroxylation is 1. The fourth-order valence-electron chi connectivity index (χ4n) is 9.48. The number of amides is 1. The first-order valence-electron chi connectivity index (χ1n) is 19.8. The van der Waals surface area contributed by atoms with E-state index in [1.54, 1.807) is 38.2 Å². The topological polar surface area (TPSA) is 92.6 Å². The number of hydrogen-bond donors (Lipinski definition) is 0. The fourth-order valence-corrected chi connectivity index (χ4v) is 9.48. The van der Waals surface area contributed by atoms with E-state index in [1.165, 1.54) is 51.6 Å². The van der Waals surface area contributed by atoms with Crippen molar-refractivity contribution in [2.24, 2.45) is 18.4 Å². The lowest BCUT2D eigenvalue weighted by atomic mass is 9.66. The molecule has 1 unspecified atom stereocenters. The zero-order valence-electron chi connectivity index (χ0n) is 32.9. The Hall–Kier alpha value is -3.67. The summed E-state index contributed by atoms with van der Waals surface area (Å²) in [7, 11) is 5.22. The molecular weight excluding hydrogens is 668 g/mol. The molecule has 1 aliphatic carbocycles. The van der Waals surface area contributed by atoms with E-state index in [0.717, 1.165) is 92.4 Å². The van der Waals surface area contributed by atoms with Crippen molar-refractivity contribution >= 4 is 16.9 Å². The molecule has 5 heterocycles. The maximum absolute atomic E-state index is 12.8. The predicted octanol–water partition coefficient (Wildman–Crippen LogP) is 6.02. The van der Waals surface area contributed by atoms with Gasteiger partial charge in [0.25, 0.3) is 5.56 Å². The summed E-state index contributed by atoms with van der Waals surface area (Å²) < 4.78 is 19.2. The molecule has 0 N–H and O–H groups in total. The smallest absolute Gasteiger partial charge is 0.410 e. The van der Waals surface area contributed by atoms with Crippen molar-refractivity contribution in [3.8, 4) is 22.6 Å². The lowest BCUT2D eigenvalue weighted by Gasteiger charge is -2.49. The standard InChI is InChI=1S/C42H60N6O5/c1-41(2,3)53-40(50)48-16-10-30(27-48)26-45-17-13-42(14-18-45)11-7-32(8-12-42)47-21-19-46(20-22-47)29-36-37(51-5)23-31(24-38(36)52-6)35-28-44(4)39(49)34-25-43-15-9-33(34)35/h9,15,23-25,28,30,32H,7-8,10-14,16-22,26-27,29H2,1-6H3. The van der Waals surface area contributed by atoms with Gasteiger partial charge in [-0.25, -0.2) is 4.79 Å². The van der Waals surface area contributed by atoms with Crippen LogP contribution in [0.1, 0.15) is 71.3 Å². The zero-order valence-corrected chi connectivity index (χ0v) is 32.9. The molecule has 3 aliphatic heterocycles. The van der Waals surface area contributed by atoms with Crippen LogP contribution < -0.4 is 15.0 Å². The molecule has 3 aromatic rings. The summed E-state index contributed by atoms with van der Waals surface area (Å²) in [5, 5.41) is 1.46. The van der Waals surface area contributed by atoms with Crippen molar-refractivity contribution in [3.05, 3.63) is 52.7 Å². The second-order valence-corrected chi connectivity index (χ2v) is 17.2. The van der Waals surface area contributed by atoms with E-state index >= 15 is 0 Å². The molecule has 1 amide bonds. The number of hydrogen-bond acceptors (Lipinski definition) is 9. The fraction of sp³-hybridized carbons (Fsp3) is 0.643. The Morgan fingerprint density at radius 1 is 0.887 bits per heavy atom. The normalized spacial score (nSPS) is 22.1. The van der Waals surface area contributed by atoms with Gasteiger partial charge in [-0.05, 0) is 119 Å². The molecule has 4 fully saturated rings. The van der Waals surface area contributed by atoms with Crippen LogP contribution in [0, 0.1) is 11.3 Å². The van der Waals surface area contributed by atoms with Gasteiger partial charge in [0.15, 0.2) is 0 Å². The summed E-state index contributed by atoms with van der Waals surface area (Å²) in [6.07, 6.45) is 14.1. The highest BCUT2D eigenvalue weighted by atomic mass is 16.6. The monoisotopic (exact) mass is 728 g/mol. The molecule has 53 heavy (non-hydrogen) atoms. The molecule has 1 aromatic carbocycles. The minimum atomic E-state index is -0.439. The number of aromatic nitrogens is 2. The Morgan fingerprint density at radius 3 is 2.21 bits per heavy atom. The van der Waals surface area contributed by atoms with Gasteiger partial charge < -0.3 is 28.6 Å². The largest absolute Gasteiger partial charge is 0.496 e. The molecule has 0 bridgehead atoms. The highest BCUT2D eigenvalue weighted by molar-refractivity contribution is 5.95. The molecule has 3 saturated heterocycles. The van der Waals surface area contributed by atoms with Gasteiger partial charge in [-0.3, -0.25) is 19.6 Å². The van der Waals surface area contributed by atoms with Crippen molar-refractivity contribution < 1.29 is 19.0 Å². The number of carbonyl (C=O) groups is 1. The second-order valence-electron chi connectivity index (χ2n) is 17.2. The maximum atomic E-state index is 12.8. The van der Waals surface area contributed by atoms with Crippen LogP contribution in [0.4, 0.5) is 4.79 Å². The Bertz CT molecular complexity index is 1790. The van der Waals surface area contributed by atoms with Crippen LogP contribution in [0.2, 0.25) is 0 Å². The van der Waals surface area contributed by atoms with Crippen LogP contribution in [0.25, 0.3) is 21.9 Å². The molecule has 11 nitrogen and oxygen atoms in total. The number of carbonyl (C=O) groups excluding carboxylic acids is 1. The SMILES string of the molecule is COc1cc(-c2cn(C)c(=O)c3cnccc23)cc(OC)c1CN1CCN(C2CCC3(CC2)CCN(CC2CCN(C(=O)OC(C)(C)C)C2)CC3)CC1. The van der Waals surface area contributed by atoms with Gasteiger partial charge in [-0.15, -0.1) is 0 Å². The number of methoxy groups -OCH3 is 2. The highest BCUT2D eigenvalue weighted by Gasteiger charge is 2.40. The molecule has 0 radical (unpaired) electrons. The van der Waals surface area contributed by atoms with E-state index in [2.05, 4.69) is 31.8 Å². The number of fused-ring (bicyclic) bond motifs is 1. The number of nitrogens with zero attached hydrogens (tertiary/aromatic N) is 6. The summed E-state index contributed by atoms with van der Waals surface area (Å²) in [6.45, 7) is 15.9. The van der Waals surface area contributed by atoms with Gasteiger partial charge in [0.05, 0.1) is 25.2 Å². The summed E-state index contributed by atoms with van der Waals surface area (Å²) in [5.74, 6) is 2.15. The summed E-state index contributed by atoms with van der Waals surface area (Å²) in [6, 6.07) is 6.74. The average Bonchev–Trinajstić information content (AvgIpc) is 3.63. The number of ether oxygens (including phenoxy) is 3. The highest BCUT2D eigenvalue weighted by Crippen LogP contribution is 2.46.